The van der Waals surface area contributed by atoms with Gasteiger partial charge in [-0.2, -0.15) is 16.9 Å². The van der Waals surface area contributed by atoms with Crippen molar-refractivity contribution in [3.63, 3.8) is 0 Å². The third-order valence-corrected chi connectivity index (χ3v) is 4.08. The van der Waals surface area contributed by atoms with Crippen LogP contribution in [0.15, 0.2) is 12.4 Å². The Bertz CT molecular complexity index is 351. The molecule has 0 fully saturated rings. The summed E-state index contributed by atoms with van der Waals surface area (Å²) in [6.45, 7) is 4.33. The summed E-state index contributed by atoms with van der Waals surface area (Å²) in [4.78, 5) is 2.37. The van der Waals surface area contributed by atoms with Crippen molar-refractivity contribution in [3.05, 3.63) is 18.0 Å². The molecule has 104 valence electrons. The normalized spacial score (nSPS) is 16.8. The van der Waals surface area contributed by atoms with E-state index in [0.29, 0.717) is 6.04 Å². The van der Waals surface area contributed by atoms with Gasteiger partial charge in [-0.05, 0) is 39.3 Å². The highest BCUT2D eigenvalue weighted by molar-refractivity contribution is 7.98. The van der Waals surface area contributed by atoms with Crippen LogP contribution < -0.4 is 5.73 Å². The molecule has 0 aliphatic rings. The van der Waals surface area contributed by atoms with E-state index >= 15 is 0 Å². The molecule has 1 aromatic rings. The van der Waals surface area contributed by atoms with Crippen LogP contribution in [0.4, 0.5) is 0 Å². The minimum atomic E-state index is 0.0935. The van der Waals surface area contributed by atoms with Crippen molar-refractivity contribution < 1.29 is 0 Å². The summed E-state index contributed by atoms with van der Waals surface area (Å²) in [5.41, 5.74) is 7.36. The van der Waals surface area contributed by atoms with Crippen molar-refractivity contribution >= 4 is 11.8 Å². The molecule has 3 unspecified atom stereocenters. The Labute approximate surface area is 115 Å². The van der Waals surface area contributed by atoms with Crippen LogP contribution in [0.5, 0.6) is 0 Å². The summed E-state index contributed by atoms with van der Waals surface area (Å²) in [6.07, 6.45) is 7.32. The summed E-state index contributed by atoms with van der Waals surface area (Å²) in [5.74, 6) is 1.18. The predicted molar refractivity (Wildman–Crippen MR) is 79.8 cm³/mol. The zero-order chi connectivity index (χ0) is 13.7. The van der Waals surface area contributed by atoms with E-state index in [-0.39, 0.29) is 12.1 Å². The highest BCUT2D eigenvalue weighted by atomic mass is 32.2. The van der Waals surface area contributed by atoms with Gasteiger partial charge in [-0.15, -0.1) is 0 Å². The number of nitrogens with two attached hydrogens (primary N) is 1. The Morgan fingerprint density at radius 1 is 1.50 bits per heavy atom. The molecular weight excluding hydrogens is 244 g/mol. The van der Waals surface area contributed by atoms with Gasteiger partial charge in [0.1, 0.15) is 0 Å². The van der Waals surface area contributed by atoms with Gasteiger partial charge in [-0.25, -0.2) is 0 Å². The molecule has 0 radical (unpaired) electrons. The molecule has 1 heterocycles. The number of thioether (sulfide) groups is 1. The van der Waals surface area contributed by atoms with Crippen LogP contribution in [-0.4, -0.2) is 45.8 Å². The van der Waals surface area contributed by atoms with E-state index in [1.165, 1.54) is 17.7 Å². The lowest BCUT2D eigenvalue weighted by molar-refractivity contribution is 0.162. The van der Waals surface area contributed by atoms with E-state index in [4.69, 9.17) is 5.73 Å². The van der Waals surface area contributed by atoms with Gasteiger partial charge in [0.2, 0.25) is 0 Å². The molecule has 0 spiro atoms. The van der Waals surface area contributed by atoms with Gasteiger partial charge in [0.15, 0.2) is 0 Å². The van der Waals surface area contributed by atoms with Crippen molar-refractivity contribution in [2.45, 2.75) is 38.4 Å². The van der Waals surface area contributed by atoms with Crippen LogP contribution in [0.3, 0.4) is 0 Å². The van der Waals surface area contributed by atoms with E-state index in [9.17, 15) is 0 Å². The number of hydrogen-bond donors (Lipinski definition) is 1. The molecule has 3 atom stereocenters. The lowest BCUT2D eigenvalue weighted by atomic mass is 10.0. The number of hydrogen-bond acceptors (Lipinski definition) is 4. The molecule has 0 aliphatic carbocycles. The topological polar surface area (TPSA) is 47.1 Å². The molecule has 1 aromatic heterocycles. The third kappa shape index (κ3) is 4.00. The van der Waals surface area contributed by atoms with Crippen LogP contribution in [0.2, 0.25) is 0 Å². The SMILES string of the molecule is CSCCC(C)N(C)C(c1cnn(C)c1)C(C)N. The maximum atomic E-state index is 6.16. The maximum absolute atomic E-state index is 6.16. The molecular formula is C13H26N4S. The molecule has 0 saturated carbocycles. The van der Waals surface area contributed by atoms with Crippen molar-refractivity contribution in [2.75, 3.05) is 19.1 Å². The molecule has 5 heteroatoms. The van der Waals surface area contributed by atoms with Gasteiger partial charge in [0, 0.05) is 30.9 Å². The first-order valence-electron chi connectivity index (χ1n) is 6.42. The second-order valence-corrected chi connectivity index (χ2v) is 6.03. The van der Waals surface area contributed by atoms with Crippen LogP contribution in [0.1, 0.15) is 31.9 Å². The van der Waals surface area contributed by atoms with Crippen LogP contribution in [-0.2, 0) is 7.05 Å². The summed E-state index contributed by atoms with van der Waals surface area (Å²) in [7, 11) is 4.10. The predicted octanol–water partition coefficient (Wildman–Crippen LogP) is 1.88. The largest absolute Gasteiger partial charge is 0.326 e. The van der Waals surface area contributed by atoms with Crippen LogP contribution in [0.25, 0.3) is 0 Å². The van der Waals surface area contributed by atoms with Gasteiger partial charge >= 0.3 is 0 Å². The highest BCUT2D eigenvalue weighted by Crippen LogP contribution is 2.25. The zero-order valence-corrected chi connectivity index (χ0v) is 12.9. The number of aryl methyl sites for hydroxylation is 1. The second kappa shape index (κ2) is 7.16. The third-order valence-electron chi connectivity index (χ3n) is 3.44. The van der Waals surface area contributed by atoms with E-state index in [1.807, 2.05) is 29.7 Å². The van der Waals surface area contributed by atoms with E-state index in [0.717, 1.165) is 0 Å². The molecule has 0 aromatic carbocycles. The lowest BCUT2D eigenvalue weighted by Gasteiger charge is -2.35. The molecule has 1 rings (SSSR count). The molecule has 2 N–H and O–H groups in total. The summed E-state index contributed by atoms with van der Waals surface area (Å²) in [6, 6.07) is 0.847. The fraction of sp³-hybridized carbons (Fsp3) is 0.769. The first kappa shape index (κ1) is 15.5. The summed E-state index contributed by atoms with van der Waals surface area (Å²) in [5, 5.41) is 4.25. The molecule has 0 aliphatic heterocycles. The summed E-state index contributed by atoms with van der Waals surface area (Å²) >= 11 is 1.89. The Balaban J connectivity index is 2.78. The van der Waals surface area contributed by atoms with Gasteiger partial charge in [-0.1, -0.05) is 0 Å². The van der Waals surface area contributed by atoms with Gasteiger partial charge in [0.25, 0.3) is 0 Å². The first-order chi connectivity index (χ1) is 8.47. The number of aromatic nitrogens is 2. The standard InChI is InChI=1S/C13H26N4S/c1-10(6-7-18-5)17(4)13(11(2)14)12-8-15-16(3)9-12/h8-11,13H,6-7,14H2,1-5H3. The average molecular weight is 270 g/mol. The highest BCUT2D eigenvalue weighted by Gasteiger charge is 2.25. The smallest absolute Gasteiger partial charge is 0.0538 e. The fourth-order valence-electron chi connectivity index (χ4n) is 2.27. The maximum Gasteiger partial charge on any atom is 0.0538 e. The Morgan fingerprint density at radius 2 is 2.17 bits per heavy atom. The summed E-state index contributed by atoms with van der Waals surface area (Å²) < 4.78 is 1.84. The first-order valence-corrected chi connectivity index (χ1v) is 7.81. The molecule has 0 amide bonds. The Hall–Kier alpha value is -0.520. The monoisotopic (exact) mass is 270 g/mol. The van der Waals surface area contributed by atoms with E-state index in [1.54, 1.807) is 0 Å². The van der Waals surface area contributed by atoms with Gasteiger partial charge in [0.05, 0.1) is 12.2 Å². The minimum Gasteiger partial charge on any atom is -0.326 e. The molecule has 18 heavy (non-hydrogen) atoms. The van der Waals surface area contributed by atoms with Crippen LogP contribution in [0, 0.1) is 0 Å². The zero-order valence-electron chi connectivity index (χ0n) is 12.1. The van der Waals surface area contributed by atoms with Crippen LogP contribution >= 0.6 is 11.8 Å². The second-order valence-electron chi connectivity index (χ2n) is 5.05. The number of rotatable bonds is 7. The van der Waals surface area contributed by atoms with Crippen molar-refractivity contribution in [3.8, 4) is 0 Å². The van der Waals surface area contributed by atoms with Crippen molar-refractivity contribution in [1.29, 1.82) is 0 Å². The molecule has 4 nitrogen and oxygen atoms in total. The number of likely N-dealkylation sites (N-methyl/N-ethyl adjacent to an activating group) is 1. The van der Waals surface area contributed by atoms with Gasteiger partial charge < -0.3 is 5.73 Å². The van der Waals surface area contributed by atoms with E-state index < -0.39 is 0 Å². The number of nitrogens with zero attached hydrogens (tertiary/aromatic N) is 3. The quantitative estimate of drug-likeness (QED) is 0.822. The van der Waals surface area contributed by atoms with Crippen molar-refractivity contribution in [2.24, 2.45) is 12.8 Å². The van der Waals surface area contributed by atoms with Gasteiger partial charge in [-0.3, -0.25) is 9.58 Å². The minimum absolute atomic E-state index is 0.0935. The molecule has 0 bridgehead atoms. The molecule has 0 saturated heterocycles. The van der Waals surface area contributed by atoms with E-state index in [2.05, 4.69) is 43.3 Å². The average Bonchev–Trinajstić information content (AvgIpc) is 2.72. The Kier molecular flexibility index (Phi) is 6.18. The van der Waals surface area contributed by atoms with Crippen molar-refractivity contribution in [1.82, 2.24) is 14.7 Å². The fourth-order valence-corrected chi connectivity index (χ4v) is 2.85. The lowest BCUT2D eigenvalue weighted by Crippen LogP contribution is -2.41. The Morgan fingerprint density at radius 3 is 2.61 bits per heavy atom.